The lowest BCUT2D eigenvalue weighted by Crippen LogP contribution is -2.52. The number of aryl methyl sites for hydroxylation is 1. The van der Waals surface area contributed by atoms with E-state index < -0.39 is 6.10 Å². The van der Waals surface area contributed by atoms with Gasteiger partial charge in [-0.1, -0.05) is 61.0 Å². The van der Waals surface area contributed by atoms with Crippen LogP contribution in [0, 0.1) is 35.6 Å². The van der Waals surface area contributed by atoms with Crippen molar-refractivity contribution in [2.75, 3.05) is 14.2 Å². The average molecular weight is 477 g/mol. The maximum Gasteiger partial charge on any atom is 0.173 e. The van der Waals surface area contributed by atoms with Crippen LogP contribution in [0.15, 0.2) is 12.1 Å². The van der Waals surface area contributed by atoms with E-state index in [1.54, 1.807) is 14.2 Å². The fourth-order valence-corrected chi connectivity index (χ4v) is 5.72. The minimum atomic E-state index is -0.483. The Labute approximate surface area is 207 Å². The van der Waals surface area contributed by atoms with Gasteiger partial charge in [-0.3, -0.25) is 0 Å². The molecule has 3 rings (SSSR count). The molecule has 194 valence electrons. The molecule has 0 amide bonds. The molecule has 3 unspecified atom stereocenters. The number of benzene rings is 1. The molecular weight excluding hydrogens is 428 g/mol. The SMILES string of the molecule is CCC.COc1ccc(C)c2c1O[C@@H](C(OC)[C@H](C)C(O)C(C)(C)C)[C@]21CCC(C)C1.N#CN. The van der Waals surface area contributed by atoms with Gasteiger partial charge in [-0.05, 0) is 49.1 Å². The zero-order valence-electron chi connectivity index (χ0n) is 23.1. The second-order valence-corrected chi connectivity index (χ2v) is 11.0. The van der Waals surface area contributed by atoms with Gasteiger partial charge < -0.3 is 25.1 Å². The first-order chi connectivity index (χ1) is 15.9. The number of aliphatic hydroxyl groups is 1. The third-order valence-corrected chi connectivity index (χ3v) is 7.11. The molecule has 6 nitrogen and oxygen atoms in total. The van der Waals surface area contributed by atoms with Crippen LogP contribution < -0.4 is 15.2 Å². The summed E-state index contributed by atoms with van der Waals surface area (Å²) < 4.78 is 18.4. The number of nitrogens with zero attached hydrogens (tertiary/aromatic N) is 1. The molecule has 3 N–H and O–H groups in total. The van der Waals surface area contributed by atoms with Crippen molar-refractivity contribution in [2.24, 2.45) is 23.0 Å². The summed E-state index contributed by atoms with van der Waals surface area (Å²) in [5, 5.41) is 18.1. The van der Waals surface area contributed by atoms with Gasteiger partial charge in [0.05, 0.1) is 19.3 Å². The lowest BCUT2D eigenvalue weighted by Gasteiger charge is -2.41. The quantitative estimate of drug-likeness (QED) is 0.416. The van der Waals surface area contributed by atoms with Crippen LogP contribution in [-0.2, 0) is 10.2 Å². The third kappa shape index (κ3) is 6.17. The molecule has 1 aromatic carbocycles. The minimum Gasteiger partial charge on any atom is -0.493 e. The van der Waals surface area contributed by atoms with Gasteiger partial charge >= 0.3 is 0 Å². The zero-order chi connectivity index (χ0) is 26.3. The summed E-state index contributed by atoms with van der Waals surface area (Å²) in [6.07, 6.45) is 5.04. The van der Waals surface area contributed by atoms with Crippen molar-refractivity contribution in [3.8, 4) is 17.7 Å². The van der Waals surface area contributed by atoms with E-state index in [0.29, 0.717) is 5.92 Å². The number of hydrogen-bond donors (Lipinski definition) is 2. The molecule has 6 atom stereocenters. The van der Waals surface area contributed by atoms with E-state index in [9.17, 15) is 5.11 Å². The van der Waals surface area contributed by atoms with Crippen molar-refractivity contribution in [3.05, 3.63) is 23.3 Å². The van der Waals surface area contributed by atoms with E-state index in [1.165, 1.54) is 30.2 Å². The number of methoxy groups -OCH3 is 2. The molecule has 1 fully saturated rings. The smallest absolute Gasteiger partial charge is 0.173 e. The van der Waals surface area contributed by atoms with Crippen molar-refractivity contribution in [2.45, 2.75) is 105 Å². The lowest BCUT2D eigenvalue weighted by atomic mass is 9.68. The molecule has 0 saturated heterocycles. The standard InChI is InChI=1S/C24H38O4.C3H8.CH2N2/c1-14-11-12-24(13-14)18-15(2)9-10-17(26-7)20(18)28-22(24)19(27-8)16(3)21(25)23(4,5)6;1-3-2;2-1-3/h9-10,14,16,19,21-22,25H,11-13H2,1-8H3;3H2,1-2H3;2H2/t14?,16-,19?,21?,22-,24-;;/m0../s1. The second kappa shape index (κ2) is 12.7. The van der Waals surface area contributed by atoms with Gasteiger partial charge in [0.25, 0.3) is 0 Å². The highest BCUT2D eigenvalue weighted by Gasteiger charge is 2.58. The normalized spacial score (nSPS) is 25.5. The van der Waals surface area contributed by atoms with Crippen LogP contribution in [0.1, 0.15) is 85.3 Å². The van der Waals surface area contributed by atoms with Crippen molar-refractivity contribution >= 4 is 0 Å². The van der Waals surface area contributed by atoms with E-state index in [4.69, 9.17) is 19.5 Å². The van der Waals surface area contributed by atoms with Crippen LogP contribution in [0.5, 0.6) is 11.5 Å². The van der Waals surface area contributed by atoms with Crippen LogP contribution in [-0.4, -0.2) is 37.6 Å². The zero-order valence-corrected chi connectivity index (χ0v) is 23.1. The highest BCUT2D eigenvalue weighted by molar-refractivity contribution is 5.58. The van der Waals surface area contributed by atoms with E-state index in [-0.39, 0.29) is 29.0 Å². The third-order valence-electron chi connectivity index (χ3n) is 7.11. The van der Waals surface area contributed by atoms with Gasteiger partial charge in [0.2, 0.25) is 0 Å². The number of nitriles is 1. The summed E-state index contributed by atoms with van der Waals surface area (Å²) >= 11 is 0. The minimum absolute atomic E-state index is 0.0524. The summed E-state index contributed by atoms with van der Waals surface area (Å²) in [6.45, 7) is 17.1. The fourth-order valence-electron chi connectivity index (χ4n) is 5.72. The van der Waals surface area contributed by atoms with Gasteiger partial charge in [-0.25, -0.2) is 0 Å². The highest BCUT2D eigenvalue weighted by Crippen LogP contribution is 2.59. The molecule has 1 spiro atoms. The highest BCUT2D eigenvalue weighted by atomic mass is 16.6. The molecule has 1 heterocycles. The van der Waals surface area contributed by atoms with Crippen LogP contribution in [0.25, 0.3) is 0 Å². The molecule has 0 radical (unpaired) electrons. The molecular formula is C28H48N2O4. The Morgan fingerprint density at radius 3 is 2.26 bits per heavy atom. The Hall–Kier alpha value is -1.97. The summed E-state index contributed by atoms with van der Waals surface area (Å²) in [4.78, 5) is 0. The number of aliphatic hydroxyl groups excluding tert-OH is 1. The Balaban J connectivity index is 0.000000872. The van der Waals surface area contributed by atoms with Crippen molar-refractivity contribution in [3.63, 3.8) is 0 Å². The van der Waals surface area contributed by atoms with Crippen LogP contribution in [0.3, 0.4) is 0 Å². The summed E-state index contributed by atoms with van der Waals surface area (Å²) in [7, 11) is 3.45. The van der Waals surface area contributed by atoms with E-state index in [0.717, 1.165) is 24.3 Å². The topological polar surface area (TPSA) is 97.7 Å². The maximum atomic E-state index is 11.0. The number of hydrogen-bond acceptors (Lipinski definition) is 6. The molecule has 1 aliphatic carbocycles. The monoisotopic (exact) mass is 476 g/mol. The van der Waals surface area contributed by atoms with Crippen LogP contribution >= 0.6 is 0 Å². The molecule has 1 saturated carbocycles. The second-order valence-electron chi connectivity index (χ2n) is 11.0. The van der Waals surface area contributed by atoms with Gasteiger partial charge in [0.1, 0.15) is 6.10 Å². The van der Waals surface area contributed by atoms with Gasteiger partial charge in [0, 0.05) is 24.0 Å². The van der Waals surface area contributed by atoms with Crippen LogP contribution in [0.4, 0.5) is 0 Å². The Bertz CT molecular complexity index is 814. The average Bonchev–Trinajstić information content (AvgIpc) is 3.30. The maximum absolute atomic E-state index is 11.0. The Morgan fingerprint density at radius 2 is 1.85 bits per heavy atom. The van der Waals surface area contributed by atoms with Crippen LogP contribution in [0.2, 0.25) is 0 Å². The number of fused-ring (bicyclic) bond motifs is 2. The first-order valence-electron chi connectivity index (χ1n) is 12.5. The van der Waals surface area contributed by atoms with Crippen molar-refractivity contribution in [1.29, 1.82) is 5.26 Å². The largest absolute Gasteiger partial charge is 0.493 e. The van der Waals surface area contributed by atoms with Crippen molar-refractivity contribution < 1.29 is 19.3 Å². The van der Waals surface area contributed by atoms with E-state index >= 15 is 0 Å². The van der Waals surface area contributed by atoms with E-state index in [2.05, 4.69) is 67.2 Å². The molecule has 0 bridgehead atoms. The number of rotatable bonds is 5. The van der Waals surface area contributed by atoms with E-state index in [1.807, 2.05) is 6.07 Å². The molecule has 2 aliphatic rings. The van der Waals surface area contributed by atoms with Gasteiger partial charge in [-0.2, -0.15) is 5.26 Å². The molecule has 0 aromatic heterocycles. The van der Waals surface area contributed by atoms with Gasteiger partial charge in [0.15, 0.2) is 17.7 Å². The molecule has 34 heavy (non-hydrogen) atoms. The first-order valence-corrected chi connectivity index (χ1v) is 12.5. The number of ether oxygens (including phenoxy) is 3. The predicted molar refractivity (Wildman–Crippen MR) is 138 cm³/mol. The Morgan fingerprint density at radius 1 is 1.29 bits per heavy atom. The molecule has 6 heteroatoms. The summed E-state index contributed by atoms with van der Waals surface area (Å²) in [6, 6.07) is 4.14. The first kappa shape index (κ1) is 30.1. The molecule has 1 aliphatic heterocycles. The lowest BCUT2D eigenvalue weighted by molar-refractivity contribution is -0.102. The van der Waals surface area contributed by atoms with Gasteiger partial charge in [-0.15, -0.1) is 0 Å². The molecule has 1 aromatic rings. The predicted octanol–water partition coefficient (Wildman–Crippen LogP) is 5.72. The summed E-state index contributed by atoms with van der Waals surface area (Å²) in [5.74, 6) is 2.26. The summed E-state index contributed by atoms with van der Waals surface area (Å²) in [5.41, 5.74) is 6.40. The van der Waals surface area contributed by atoms with Crippen molar-refractivity contribution in [1.82, 2.24) is 0 Å². The Kier molecular flexibility index (Phi) is 11.2. The number of nitrogens with two attached hydrogens (primary N) is 1. The fraction of sp³-hybridized carbons (Fsp3) is 0.750.